The van der Waals surface area contributed by atoms with Crippen molar-refractivity contribution in [1.29, 1.82) is 0 Å². The van der Waals surface area contributed by atoms with Crippen LogP contribution in [-0.4, -0.2) is 130 Å². The number of benzene rings is 1. The number of carbonyl (C=O) groups excluding carboxylic acids is 5. The number of aliphatic hydroxyl groups excluding tert-OH is 5. The highest BCUT2D eigenvalue weighted by Gasteiger charge is 2.30. The molecule has 0 aliphatic heterocycles. The summed E-state index contributed by atoms with van der Waals surface area (Å²) in [5.74, 6) is -2.52. The zero-order chi connectivity index (χ0) is 35.5. The molecule has 6 atom stereocenters. The minimum atomic E-state index is -1.84. The molecule has 1 aromatic rings. The highest BCUT2D eigenvalue weighted by atomic mass is 16.4. The number of hydrogen-bond acceptors (Lipinski definition) is 11. The van der Waals surface area contributed by atoms with Crippen molar-refractivity contribution in [3.63, 3.8) is 0 Å². The van der Waals surface area contributed by atoms with Gasteiger partial charge < -0.3 is 57.4 Å². The summed E-state index contributed by atoms with van der Waals surface area (Å²) in [7, 11) is 0. The first kappa shape index (κ1) is 41.4. The van der Waals surface area contributed by atoms with E-state index >= 15 is 0 Å². The Balaban J connectivity index is 2.72. The van der Waals surface area contributed by atoms with Crippen molar-refractivity contribution in [2.45, 2.75) is 89.5 Å². The molecular weight excluding hydrogens is 616 g/mol. The van der Waals surface area contributed by atoms with E-state index in [4.69, 9.17) is 5.11 Å². The van der Waals surface area contributed by atoms with E-state index in [1.165, 1.54) is 0 Å². The average molecular weight is 669 g/mol. The zero-order valence-corrected chi connectivity index (χ0v) is 27.4. The van der Waals surface area contributed by atoms with Crippen LogP contribution in [0.2, 0.25) is 0 Å². The Hall–Kier alpha value is -3.67. The van der Waals surface area contributed by atoms with Crippen molar-refractivity contribution < 1.29 is 49.5 Å². The Morgan fingerprint density at radius 3 is 1.81 bits per heavy atom. The van der Waals surface area contributed by atoms with Gasteiger partial charge in [-0.25, -0.2) is 0 Å². The van der Waals surface area contributed by atoms with Crippen molar-refractivity contribution in [3.05, 3.63) is 35.9 Å². The van der Waals surface area contributed by atoms with Crippen LogP contribution in [-0.2, 0) is 30.4 Å². The van der Waals surface area contributed by atoms with Gasteiger partial charge in [-0.15, -0.1) is 0 Å². The summed E-state index contributed by atoms with van der Waals surface area (Å²) in [6, 6.07) is 6.86. The molecule has 0 saturated carbocycles. The molecule has 47 heavy (non-hydrogen) atoms. The molecule has 5 amide bonds. The van der Waals surface area contributed by atoms with Gasteiger partial charge in [0.1, 0.15) is 24.4 Å². The van der Waals surface area contributed by atoms with Crippen LogP contribution in [0, 0.1) is 5.92 Å². The first-order valence-corrected chi connectivity index (χ1v) is 15.7. The number of carbonyl (C=O) groups is 5. The molecule has 11 N–H and O–H groups in total. The SMILES string of the molecule is CC(C)CNC(=O)CNC(=O)[C@H](Cc1ccccc1)NC(=O)CNC(=O)[C@H](CCC(=O)NC[C@H](O)[C@@H](O)[C@H](O)[C@H](O)CO)NC(C)C. The van der Waals surface area contributed by atoms with E-state index in [1.54, 1.807) is 38.1 Å². The molecule has 0 aliphatic rings. The third-order valence-electron chi connectivity index (χ3n) is 6.83. The summed E-state index contributed by atoms with van der Waals surface area (Å²) in [6.07, 6.45) is -7.04. The maximum absolute atomic E-state index is 13.0. The fourth-order valence-corrected chi connectivity index (χ4v) is 4.22. The molecule has 0 heterocycles. The Bertz CT molecular complexity index is 1120. The zero-order valence-electron chi connectivity index (χ0n) is 27.4. The number of nitrogens with one attached hydrogen (secondary N) is 6. The van der Waals surface area contributed by atoms with Crippen LogP contribution in [0.25, 0.3) is 0 Å². The smallest absolute Gasteiger partial charge is 0.243 e. The predicted molar refractivity (Wildman–Crippen MR) is 171 cm³/mol. The molecule has 0 aromatic heterocycles. The molecule has 266 valence electrons. The molecule has 1 rings (SSSR count). The van der Waals surface area contributed by atoms with E-state index in [0.29, 0.717) is 6.54 Å². The number of amides is 5. The summed E-state index contributed by atoms with van der Waals surface area (Å²) in [6.45, 7) is 5.84. The van der Waals surface area contributed by atoms with Gasteiger partial charge in [0.2, 0.25) is 29.5 Å². The fourth-order valence-electron chi connectivity index (χ4n) is 4.22. The molecule has 0 aliphatic carbocycles. The maximum atomic E-state index is 13.0. The summed E-state index contributed by atoms with van der Waals surface area (Å²) in [5.41, 5.74) is 0.765. The van der Waals surface area contributed by atoms with Crippen molar-refractivity contribution in [2.24, 2.45) is 5.92 Å². The highest BCUT2D eigenvalue weighted by molar-refractivity contribution is 5.92. The van der Waals surface area contributed by atoms with E-state index in [1.807, 2.05) is 19.9 Å². The first-order valence-electron chi connectivity index (χ1n) is 15.7. The van der Waals surface area contributed by atoms with Gasteiger partial charge in [0.25, 0.3) is 0 Å². The Morgan fingerprint density at radius 2 is 1.23 bits per heavy atom. The largest absolute Gasteiger partial charge is 0.394 e. The van der Waals surface area contributed by atoms with Crippen LogP contribution in [0.1, 0.15) is 46.1 Å². The molecular formula is C31H52N6O10. The maximum Gasteiger partial charge on any atom is 0.243 e. The number of hydrogen-bond donors (Lipinski definition) is 11. The van der Waals surface area contributed by atoms with E-state index < -0.39 is 79.8 Å². The van der Waals surface area contributed by atoms with E-state index in [-0.39, 0.29) is 43.7 Å². The lowest BCUT2D eigenvalue weighted by molar-refractivity contribution is -0.131. The van der Waals surface area contributed by atoms with Gasteiger partial charge in [-0.3, -0.25) is 24.0 Å². The van der Waals surface area contributed by atoms with Crippen molar-refractivity contribution in [3.8, 4) is 0 Å². The lowest BCUT2D eigenvalue weighted by Crippen LogP contribution is -2.53. The molecule has 0 spiro atoms. The molecule has 1 aromatic carbocycles. The second-order valence-corrected chi connectivity index (χ2v) is 12.0. The fraction of sp³-hybridized carbons (Fsp3) is 0.645. The van der Waals surface area contributed by atoms with Gasteiger partial charge in [0.15, 0.2) is 0 Å². The van der Waals surface area contributed by atoms with Crippen molar-refractivity contribution in [1.82, 2.24) is 31.9 Å². The lowest BCUT2D eigenvalue weighted by Gasteiger charge is -2.26. The second-order valence-electron chi connectivity index (χ2n) is 12.0. The third kappa shape index (κ3) is 17.2. The summed E-state index contributed by atoms with van der Waals surface area (Å²) in [5, 5.41) is 63.6. The Labute approximate surface area is 275 Å². The molecule has 0 radical (unpaired) electrons. The third-order valence-corrected chi connectivity index (χ3v) is 6.83. The minimum Gasteiger partial charge on any atom is -0.394 e. The highest BCUT2D eigenvalue weighted by Crippen LogP contribution is 2.06. The quantitative estimate of drug-likeness (QED) is 0.0576. The van der Waals surface area contributed by atoms with Crippen LogP contribution >= 0.6 is 0 Å². The van der Waals surface area contributed by atoms with Gasteiger partial charge >= 0.3 is 0 Å². The van der Waals surface area contributed by atoms with Crippen molar-refractivity contribution >= 4 is 29.5 Å². The van der Waals surface area contributed by atoms with Crippen LogP contribution in [0.4, 0.5) is 0 Å². The minimum absolute atomic E-state index is 0.000122. The van der Waals surface area contributed by atoms with E-state index in [9.17, 15) is 44.4 Å². The van der Waals surface area contributed by atoms with E-state index in [2.05, 4.69) is 31.9 Å². The van der Waals surface area contributed by atoms with Gasteiger partial charge in [-0.2, -0.15) is 0 Å². The van der Waals surface area contributed by atoms with Crippen LogP contribution in [0.3, 0.4) is 0 Å². The van der Waals surface area contributed by atoms with Crippen LogP contribution < -0.4 is 31.9 Å². The van der Waals surface area contributed by atoms with Gasteiger partial charge in [-0.1, -0.05) is 58.0 Å². The normalized spacial score (nSPS) is 15.1. The summed E-state index contributed by atoms with van der Waals surface area (Å²) in [4.78, 5) is 63.2. The molecule has 0 saturated heterocycles. The van der Waals surface area contributed by atoms with Crippen LogP contribution in [0.5, 0.6) is 0 Å². The van der Waals surface area contributed by atoms with E-state index in [0.717, 1.165) is 5.56 Å². The lowest BCUT2D eigenvalue weighted by atomic mass is 10.0. The van der Waals surface area contributed by atoms with Gasteiger partial charge in [-0.05, 0) is 17.9 Å². The van der Waals surface area contributed by atoms with Crippen molar-refractivity contribution in [2.75, 3.05) is 32.8 Å². The summed E-state index contributed by atoms with van der Waals surface area (Å²) >= 11 is 0. The monoisotopic (exact) mass is 668 g/mol. The summed E-state index contributed by atoms with van der Waals surface area (Å²) < 4.78 is 0. The topological polar surface area (TPSA) is 259 Å². The standard InChI is InChI=1S/C31H52N6O10/c1-18(2)13-32-26(42)15-34-31(47)22(12-20-8-6-5-7-9-20)37-27(43)16-35-30(46)21(36-19(3)4)10-11-25(41)33-14-23(39)28(44)29(45)24(40)17-38/h5-9,18-19,21-24,28-29,36,38-40,44-45H,10-17H2,1-4H3,(H,32,42)(H,33,41)(H,34,47)(H,35,46)(H,37,43)/t21-,22-,23-,24+,28+,29+/m0/s1. The van der Waals surface area contributed by atoms with Gasteiger partial charge in [0.05, 0.1) is 31.8 Å². The molecule has 0 unspecified atom stereocenters. The van der Waals surface area contributed by atoms with Crippen LogP contribution in [0.15, 0.2) is 30.3 Å². The molecule has 0 bridgehead atoms. The molecule has 16 nitrogen and oxygen atoms in total. The molecule has 0 fully saturated rings. The molecule has 16 heteroatoms. The number of aliphatic hydroxyl groups is 5. The second kappa shape index (κ2) is 22.0. The first-order chi connectivity index (χ1) is 22.1. The Morgan fingerprint density at radius 1 is 0.681 bits per heavy atom. The Kier molecular flexibility index (Phi) is 19.4. The average Bonchev–Trinajstić information content (AvgIpc) is 3.04. The van der Waals surface area contributed by atoms with Gasteiger partial charge in [0, 0.05) is 32.0 Å². The predicted octanol–water partition coefficient (Wildman–Crippen LogP) is -3.58. The number of rotatable bonds is 22.